The third kappa shape index (κ3) is 2.81. The zero-order valence-electron chi connectivity index (χ0n) is 10.3. The lowest BCUT2D eigenvalue weighted by Crippen LogP contribution is -2.26. The predicted molar refractivity (Wildman–Crippen MR) is 77.1 cm³/mol. The number of halogens is 2. The summed E-state index contributed by atoms with van der Waals surface area (Å²) < 4.78 is 13.2. The molecule has 2 nitrogen and oxygen atoms in total. The average molecular weight is 297 g/mol. The number of hydrogen-bond acceptors (Lipinski definition) is 3. The number of nitrogens with one attached hydrogen (secondary N) is 1. The highest BCUT2D eigenvalue weighted by Crippen LogP contribution is 2.30. The average Bonchev–Trinajstić information content (AvgIpc) is 2.93. The second-order valence-electron chi connectivity index (χ2n) is 4.70. The number of thiazole rings is 1. The van der Waals surface area contributed by atoms with Crippen LogP contribution < -0.4 is 5.32 Å². The molecule has 1 N–H and O–H groups in total. The van der Waals surface area contributed by atoms with Crippen LogP contribution in [-0.2, 0) is 0 Å². The minimum absolute atomic E-state index is 0.142. The summed E-state index contributed by atoms with van der Waals surface area (Å²) in [5, 5.41) is 6.74. The smallest absolute Gasteiger partial charge is 0.141 e. The molecule has 2 aromatic rings. The minimum atomic E-state index is -0.394. The van der Waals surface area contributed by atoms with Crippen LogP contribution in [0.4, 0.5) is 4.39 Å². The van der Waals surface area contributed by atoms with Crippen molar-refractivity contribution in [1.29, 1.82) is 0 Å². The molecule has 1 aromatic heterocycles. The highest BCUT2D eigenvalue weighted by atomic mass is 35.5. The Kier molecular flexibility index (Phi) is 3.82. The number of nitrogens with zero attached hydrogens (tertiary/aromatic N) is 1. The summed E-state index contributed by atoms with van der Waals surface area (Å²) in [6.45, 7) is 1.06. The van der Waals surface area contributed by atoms with Gasteiger partial charge < -0.3 is 5.32 Å². The van der Waals surface area contributed by atoms with Gasteiger partial charge in [0.05, 0.1) is 16.8 Å². The Morgan fingerprint density at radius 3 is 3.00 bits per heavy atom. The van der Waals surface area contributed by atoms with Crippen molar-refractivity contribution in [3.63, 3.8) is 0 Å². The second kappa shape index (κ2) is 5.57. The first-order valence-electron chi connectivity index (χ1n) is 6.38. The van der Waals surface area contributed by atoms with Crippen molar-refractivity contribution in [2.75, 3.05) is 6.54 Å². The molecular weight excluding hydrogens is 283 g/mol. The zero-order valence-corrected chi connectivity index (χ0v) is 11.9. The van der Waals surface area contributed by atoms with Crippen LogP contribution in [-0.4, -0.2) is 11.5 Å². The quantitative estimate of drug-likeness (QED) is 0.887. The van der Waals surface area contributed by atoms with E-state index in [9.17, 15) is 4.39 Å². The topological polar surface area (TPSA) is 24.9 Å². The molecule has 1 fully saturated rings. The highest BCUT2D eigenvalue weighted by Gasteiger charge is 2.18. The van der Waals surface area contributed by atoms with Crippen molar-refractivity contribution in [3.8, 4) is 11.3 Å². The minimum Gasteiger partial charge on any atom is -0.308 e. The Labute approximate surface area is 120 Å². The molecule has 3 rings (SSSR count). The molecule has 19 heavy (non-hydrogen) atoms. The fraction of sp³-hybridized carbons (Fsp3) is 0.357. The van der Waals surface area contributed by atoms with Gasteiger partial charge in [-0.05, 0) is 37.6 Å². The summed E-state index contributed by atoms with van der Waals surface area (Å²) in [5.74, 6) is -0.394. The lowest BCUT2D eigenvalue weighted by molar-refractivity contribution is 0.411. The summed E-state index contributed by atoms with van der Waals surface area (Å²) in [6.07, 6.45) is 3.62. The molecule has 0 amide bonds. The molecule has 5 heteroatoms. The largest absolute Gasteiger partial charge is 0.308 e. The molecule has 100 valence electrons. The van der Waals surface area contributed by atoms with Gasteiger partial charge in [0.1, 0.15) is 10.8 Å². The first-order chi connectivity index (χ1) is 9.24. The maximum Gasteiger partial charge on any atom is 0.141 e. The fourth-order valence-corrected chi connectivity index (χ4v) is 3.42. The molecular formula is C14H14ClFN2S. The van der Waals surface area contributed by atoms with Crippen molar-refractivity contribution in [3.05, 3.63) is 39.4 Å². The van der Waals surface area contributed by atoms with Gasteiger partial charge in [0.15, 0.2) is 0 Å². The first-order valence-corrected chi connectivity index (χ1v) is 7.64. The Hall–Kier alpha value is -0.970. The summed E-state index contributed by atoms with van der Waals surface area (Å²) in [6, 6.07) is 5.09. The van der Waals surface area contributed by atoms with Gasteiger partial charge in [-0.15, -0.1) is 11.3 Å². The maximum atomic E-state index is 13.2. The second-order valence-corrected chi connectivity index (χ2v) is 6.00. The van der Waals surface area contributed by atoms with E-state index in [4.69, 9.17) is 11.6 Å². The Balaban J connectivity index is 1.85. The van der Waals surface area contributed by atoms with Gasteiger partial charge in [-0.1, -0.05) is 18.0 Å². The van der Waals surface area contributed by atoms with E-state index in [1.807, 2.05) is 5.38 Å². The third-order valence-corrected chi connectivity index (χ3v) is 4.59. The molecule has 1 aliphatic heterocycles. The number of benzene rings is 1. The van der Waals surface area contributed by atoms with E-state index >= 15 is 0 Å². The fourth-order valence-electron chi connectivity index (χ4n) is 2.30. The molecule has 1 unspecified atom stereocenters. The standard InChI is InChI=1S/C14H14ClFN2S/c15-10-7-9(4-5-11(10)16)13-8-19-14(18-13)12-3-1-2-6-17-12/h4-5,7-8,12,17H,1-3,6H2. The normalized spacial score (nSPS) is 19.6. The molecule has 1 aromatic carbocycles. The third-order valence-electron chi connectivity index (χ3n) is 3.35. The Morgan fingerprint density at radius 2 is 2.26 bits per heavy atom. The maximum absolute atomic E-state index is 13.2. The van der Waals surface area contributed by atoms with Gasteiger partial charge in [-0.2, -0.15) is 0 Å². The van der Waals surface area contributed by atoms with Crippen LogP contribution in [0.3, 0.4) is 0 Å². The van der Waals surface area contributed by atoms with Gasteiger partial charge in [0.25, 0.3) is 0 Å². The van der Waals surface area contributed by atoms with E-state index in [1.165, 1.54) is 18.9 Å². The van der Waals surface area contributed by atoms with E-state index in [1.54, 1.807) is 23.5 Å². The van der Waals surface area contributed by atoms with Crippen LogP contribution in [0, 0.1) is 5.82 Å². The van der Waals surface area contributed by atoms with Crippen LogP contribution in [0.25, 0.3) is 11.3 Å². The van der Waals surface area contributed by atoms with Crippen LogP contribution in [0.15, 0.2) is 23.6 Å². The predicted octanol–water partition coefficient (Wildman–Crippen LogP) is 4.42. The lowest BCUT2D eigenvalue weighted by Gasteiger charge is -2.21. The lowest BCUT2D eigenvalue weighted by atomic mass is 10.1. The molecule has 0 radical (unpaired) electrons. The van der Waals surface area contributed by atoms with E-state index < -0.39 is 5.82 Å². The molecule has 1 aliphatic rings. The van der Waals surface area contributed by atoms with E-state index in [-0.39, 0.29) is 5.02 Å². The monoisotopic (exact) mass is 296 g/mol. The van der Waals surface area contributed by atoms with Gasteiger partial charge in [-0.25, -0.2) is 9.37 Å². The summed E-state index contributed by atoms with van der Waals surface area (Å²) in [7, 11) is 0. The molecule has 2 heterocycles. The highest BCUT2D eigenvalue weighted by molar-refractivity contribution is 7.10. The van der Waals surface area contributed by atoms with Crippen LogP contribution in [0.2, 0.25) is 5.02 Å². The summed E-state index contributed by atoms with van der Waals surface area (Å²) in [4.78, 5) is 4.65. The van der Waals surface area contributed by atoms with Crippen molar-refractivity contribution in [1.82, 2.24) is 10.3 Å². The molecule has 1 atom stereocenters. The summed E-state index contributed by atoms with van der Waals surface area (Å²) in [5.41, 5.74) is 1.74. The van der Waals surface area contributed by atoms with Gasteiger partial charge in [0.2, 0.25) is 0 Å². The van der Waals surface area contributed by atoms with Crippen molar-refractivity contribution >= 4 is 22.9 Å². The number of rotatable bonds is 2. The van der Waals surface area contributed by atoms with Crippen LogP contribution in [0.1, 0.15) is 30.3 Å². The number of aromatic nitrogens is 1. The van der Waals surface area contributed by atoms with Gasteiger partial charge >= 0.3 is 0 Å². The summed E-state index contributed by atoms with van der Waals surface area (Å²) >= 11 is 7.46. The molecule has 0 saturated carbocycles. The van der Waals surface area contributed by atoms with Crippen LogP contribution in [0.5, 0.6) is 0 Å². The molecule has 0 spiro atoms. The van der Waals surface area contributed by atoms with Gasteiger partial charge in [0, 0.05) is 10.9 Å². The molecule has 1 saturated heterocycles. The molecule has 0 aliphatic carbocycles. The van der Waals surface area contributed by atoms with E-state index in [0.29, 0.717) is 6.04 Å². The van der Waals surface area contributed by atoms with Crippen LogP contribution >= 0.6 is 22.9 Å². The zero-order chi connectivity index (χ0) is 13.2. The Bertz CT molecular complexity index is 579. The van der Waals surface area contributed by atoms with Crippen molar-refractivity contribution < 1.29 is 4.39 Å². The van der Waals surface area contributed by atoms with E-state index in [0.717, 1.165) is 29.2 Å². The van der Waals surface area contributed by atoms with Crippen molar-refractivity contribution in [2.45, 2.75) is 25.3 Å². The van der Waals surface area contributed by atoms with Crippen molar-refractivity contribution in [2.24, 2.45) is 0 Å². The van der Waals surface area contributed by atoms with E-state index in [2.05, 4.69) is 10.3 Å². The SMILES string of the molecule is Fc1ccc(-c2csc(C3CCCCN3)n2)cc1Cl. The number of piperidine rings is 1. The first kappa shape index (κ1) is 13.0. The molecule has 0 bridgehead atoms. The number of hydrogen-bond donors (Lipinski definition) is 1. The Morgan fingerprint density at radius 1 is 1.37 bits per heavy atom. The van der Waals surface area contributed by atoms with Gasteiger partial charge in [-0.3, -0.25) is 0 Å².